The second-order valence-electron chi connectivity index (χ2n) is 6.00. The molecule has 0 bridgehead atoms. The maximum Gasteiger partial charge on any atom is 0.228 e. The van der Waals surface area contributed by atoms with E-state index in [4.69, 9.17) is 5.73 Å². The number of rotatable bonds is 3. The predicted octanol–water partition coefficient (Wildman–Crippen LogP) is 2.74. The first kappa shape index (κ1) is 14.7. The van der Waals surface area contributed by atoms with Crippen LogP contribution < -0.4 is 11.1 Å². The van der Waals surface area contributed by atoms with Crippen LogP contribution in [-0.2, 0) is 18.4 Å². The summed E-state index contributed by atoms with van der Waals surface area (Å²) in [6, 6.07) is 3.55. The fourth-order valence-electron chi connectivity index (χ4n) is 2.99. The van der Waals surface area contributed by atoms with Gasteiger partial charge in [-0.25, -0.2) is 4.39 Å². The van der Waals surface area contributed by atoms with Crippen molar-refractivity contribution in [1.29, 1.82) is 0 Å². The normalized spacial score (nSPS) is 20.0. The zero-order chi connectivity index (χ0) is 15.9. The number of nitrogens with two attached hydrogens (primary N) is 1. The Labute approximate surface area is 129 Å². The number of halogens is 1. The molecule has 3 N–H and O–H groups in total. The number of aryl methyl sites for hydroxylation is 3. The molecule has 1 aromatic carbocycles. The first-order valence-electron chi connectivity index (χ1n) is 7.49. The third kappa shape index (κ3) is 2.49. The third-order valence-corrected chi connectivity index (χ3v) is 4.28. The number of benzene rings is 1. The van der Waals surface area contributed by atoms with E-state index >= 15 is 0 Å². The molecular weight excluding hydrogens is 281 g/mol. The van der Waals surface area contributed by atoms with Gasteiger partial charge in [-0.3, -0.25) is 0 Å². The van der Waals surface area contributed by atoms with Crippen LogP contribution in [0.2, 0.25) is 0 Å². The van der Waals surface area contributed by atoms with Crippen LogP contribution in [0.3, 0.4) is 0 Å². The van der Waals surface area contributed by atoms with Crippen molar-refractivity contribution in [3.05, 3.63) is 40.5 Å². The Bertz CT molecular complexity index is 731. The first-order chi connectivity index (χ1) is 10.4. The molecule has 1 atom stereocenters. The molecule has 0 aliphatic heterocycles. The van der Waals surface area contributed by atoms with Crippen molar-refractivity contribution >= 4 is 11.9 Å². The standard InChI is InChI=1S/C16H20FN5/c1-4-13-19-14(18)21-15(20-13)22-16(3)6-5-10-8-12(17)9(2)7-11(10)16/h7-8H,4-6H2,1-3H3,(H3,18,19,20,21,22)/t16-/m1/s1. The van der Waals surface area contributed by atoms with Crippen LogP contribution in [0.4, 0.5) is 16.3 Å². The maximum absolute atomic E-state index is 13.7. The van der Waals surface area contributed by atoms with Gasteiger partial charge in [-0.1, -0.05) is 13.0 Å². The highest BCUT2D eigenvalue weighted by atomic mass is 19.1. The minimum absolute atomic E-state index is 0.152. The molecule has 2 aromatic rings. The summed E-state index contributed by atoms with van der Waals surface area (Å²) in [5, 5.41) is 3.37. The van der Waals surface area contributed by atoms with Gasteiger partial charge in [-0.2, -0.15) is 15.0 Å². The first-order valence-corrected chi connectivity index (χ1v) is 7.49. The Hall–Kier alpha value is -2.24. The molecule has 1 aliphatic rings. The Kier molecular flexibility index (Phi) is 3.47. The number of hydrogen-bond acceptors (Lipinski definition) is 5. The molecule has 0 unspecified atom stereocenters. The molecule has 1 aliphatic carbocycles. The number of nitrogens with zero attached hydrogens (tertiary/aromatic N) is 3. The molecule has 0 saturated heterocycles. The summed E-state index contributed by atoms with van der Waals surface area (Å²) in [5.41, 5.74) is 8.20. The molecule has 0 amide bonds. The summed E-state index contributed by atoms with van der Waals surface area (Å²) < 4.78 is 13.7. The fourth-order valence-corrected chi connectivity index (χ4v) is 2.99. The molecule has 0 saturated carbocycles. The van der Waals surface area contributed by atoms with Crippen LogP contribution in [-0.4, -0.2) is 15.0 Å². The van der Waals surface area contributed by atoms with E-state index < -0.39 is 0 Å². The van der Waals surface area contributed by atoms with Crippen LogP contribution in [0.5, 0.6) is 0 Å². The number of fused-ring (bicyclic) bond motifs is 1. The second-order valence-corrected chi connectivity index (χ2v) is 6.00. The van der Waals surface area contributed by atoms with E-state index in [0.717, 1.165) is 24.0 Å². The Morgan fingerprint density at radius 3 is 2.82 bits per heavy atom. The van der Waals surface area contributed by atoms with Gasteiger partial charge in [0.1, 0.15) is 11.6 Å². The van der Waals surface area contributed by atoms with E-state index in [1.807, 2.05) is 13.0 Å². The lowest BCUT2D eigenvalue weighted by molar-refractivity contribution is 0.532. The average Bonchev–Trinajstić information content (AvgIpc) is 2.76. The van der Waals surface area contributed by atoms with Gasteiger partial charge >= 0.3 is 0 Å². The SMILES string of the molecule is CCc1nc(N)nc(N[C@]2(C)CCc3cc(F)c(C)cc32)n1. The lowest BCUT2D eigenvalue weighted by atomic mass is 9.93. The van der Waals surface area contributed by atoms with Crippen molar-refractivity contribution in [3.8, 4) is 0 Å². The van der Waals surface area contributed by atoms with Crippen LogP contribution in [0.15, 0.2) is 12.1 Å². The maximum atomic E-state index is 13.7. The molecule has 0 fully saturated rings. The Balaban J connectivity index is 1.97. The Morgan fingerprint density at radius 2 is 2.09 bits per heavy atom. The van der Waals surface area contributed by atoms with E-state index in [-0.39, 0.29) is 17.3 Å². The highest BCUT2D eigenvalue weighted by molar-refractivity contribution is 5.47. The highest BCUT2D eigenvalue weighted by Crippen LogP contribution is 2.39. The van der Waals surface area contributed by atoms with Crippen molar-refractivity contribution < 1.29 is 4.39 Å². The van der Waals surface area contributed by atoms with Crippen molar-refractivity contribution in [2.24, 2.45) is 0 Å². The van der Waals surface area contributed by atoms with Crippen molar-refractivity contribution in [2.45, 2.75) is 45.6 Å². The van der Waals surface area contributed by atoms with Crippen LogP contribution in [0.1, 0.15) is 42.8 Å². The minimum atomic E-state index is -0.327. The molecule has 0 radical (unpaired) electrons. The molecule has 116 valence electrons. The van der Waals surface area contributed by atoms with Gasteiger partial charge in [-0.05, 0) is 49.4 Å². The lowest BCUT2D eigenvalue weighted by Crippen LogP contribution is -2.30. The quantitative estimate of drug-likeness (QED) is 0.911. The van der Waals surface area contributed by atoms with Gasteiger partial charge in [0, 0.05) is 6.42 Å². The predicted molar refractivity (Wildman–Crippen MR) is 84.1 cm³/mol. The van der Waals surface area contributed by atoms with Crippen LogP contribution >= 0.6 is 0 Å². The van der Waals surface area contributed by atoms with Gasteiger partial charge in [0.2, 0.25) is 11.9 Å². The van der Waals surface area contributed by atoms with Gasteiger partial charge in [-0.15, -0.1) is 0 Å². The number of nitrogen functional groups attached to an aromatic ring is 1. The largest absolute Gasteiger partial charge is 0.368 e. The lowest BCUT2D eigenvalue weighted by Gasteiger charge is -2.27. The smallest absolute Gasteiger partial charge is 0.228 e. The average molecular weight is 301 g/mol. The van der Waals surface area contributed by atoms with Gasteiger partial charge in [0.25, 0.3) is 0 Å². The molecule has 5 nitrogen and oxygen atoms in total. The molecular formula is C16H20FN5. The number of hydrogen-bond donors (Lipinski definition) is 2. The number of nitrogens with one attached hydrogen (secondary N) is 1. The fraction of sp³-hybridized carbons (Fsp3) is 0.438. The monoisotopic (exact) mass is 301 g/mol. The Morgan fingerprint density at radius 1 is 1.32 bits per heavy atom. The van der Waals surface area contributed by atoms with Crippen molar-refractivity contribution in [3.63, 3.8) is 0 Å². The summed E-state index contributed by atoms with van der Waals surface area (Å²) in [6.07, 6.45) is 2.38. The zero-order valence-electron chi connectivity index (χ0n) is 13.1. The van der Waals surface area contributed by atoms with Gasteiger partial charge in [0.05, 0.1) is 5.54 Å². The zero-order valence-corrected chi connectivity index (χ0v) is 13.1. The molecule has 0 spiro atoms. The van der Waals surface area contributed by atoms with Gasteiger partial charge in [0.15, 0.2) is 0 Å². The topological polar surface area (TPSA) is 76.7 Å². The third-order valence-electron chi connectivity index (χ3n) is 4.28. The molecule has 1 aromatic heterocycles. The van der Waals surface area contributed by atoms with E-state index in [1.54, 1.807) is 13.0 Å². The van der Waals surface area contributed by atoms with E-state index in [1.165, 1.54) is 0 Å². The molecule has 3 rings (SSSR count). The highest BCUT2D eigenvalue weighted by Gasteiger charge is 2.35. The summed E-state index contributed by atoms with van der Waals surface area (Å²) in [4.78, 5) is 12.6. The molecule has 1 heterocycles. The number of anilines is 2. The van der Waals surface area contributed by atoms with E-state index in [0.29, 0.717) is 23.8 Å². The summed E-state index contributed by atoms with van der Waals surface area (Å²) >= 11 is 0. The van der Waals surface area contributed by atoms with Crippen molar-refractivity contribution in [2.75, 3.05) is 11.1 Å². The summed E-state index contributed by atoms with van der Waals surface area (Å²) in [5.74, 6) is 1.20. The van der Waals surface area contributed by atoms with Crippen LogP contribution in [0.25, 0.3) is 0 Å². The molecule has 22 heavy (non-hydrogen) atoms. The van der Waals surface area contributed by atoms with Crippen molar-refractivity contribution in [1.82, 2.24) is 15.0 Å². The van der Waals surface area contributed by atoms with E-state index in [9.17, 15) is 4.39 Å². The number of aromatic nitrogens is 3. The minimum Gasteiger partial charge on any atom is -0.368 e. The summed E-state index contributed by atoms with van der Waals surface area (Å²) in [6.45, 7) is 5.84. The van der Waals surface area contributed by atoms with E-state index in [2.05, 4.69) is 27.2 Å². The van der Waals surface area contributed by atoms with Crippen LogP contribution in [0, 0.1) is 12.7 Å². The molecule has 6 heteroatoms. The van der Waals surface area contributed by atoms with Gasteiger partial charge < -0.3 is 11.1 Å². The summed E-state index contributed by atoms with van der Waals surface area (Å²) in [7, 11) is 0. The second kappa shape index (κ2) is 5.19.